The van der Waals surface area contributed by atoms with E-state index in [2.05, 4.69) is 23.9 Å². The summed E-state index contributed by atoms with van der Waals surface area (Å²) in [7, 11) is -3.43. The molecule has 0 unspecified atom stereocenters. The zero-order valence-electron chi connectivity index (χ0n) is 13.8. The Labute approximate surface area is 129 Å². The van der Waals surface area contributed by atoms with Crippen LogP contribution in [0.3, 0.4) is 0 Å². The fourth-order valence-corrected chi connectivity index (χ4v) is 3.52. The quantitative estimate of drug-likeness (QED) is 0.776. The van der Waals surface area contributed by atoms with Gasteiger partial charge in [0.1, 0.15) is 0 Å². The van der Waals surface area contributed by atoms with E-state index in [1.54, 1.807) is 6.07 Å². The summed E-state index contributed by atoms with van der Waals surface area (Å²) >= 11 is 0. The van der Waals surface area contributed by atoms with Crippen LogP contribution in [0.4, 0.5) is 0 Å². The average molecular weight is 312 g/mol. The lowest BCUT2D eigenvalue weighted by molar-refractivity contribution is 0.551. The molecule has 1 aromatic rings. The SMILES string of the molecule is CCNCc1cc(C)c(C)c(S(=O)(=O)NCCC(C)C)c1. The van der Waals surface area contributed by atoms with Crippen LogP contribution >= 0.6 is 0 Å². The molecule has 0 aliphatic rings. The molecule has 0 saturated heterocycles. The van der Waals surface area contributed by atoms with Crippen LogP contribution in [0.15, 0.2) is 17.0 Å². The minimum absolute atomic E-state index is 0.402. The van der Waals surface area contributed by atoms with Crippen molar-refractivity contribution in [3.05, 3.63) is 28.8 Å². The van der Waals surface area contributed by atoms with Crippen molar-refractivity contribution in [2.45, 2.75) is 52.5 Å². The van der Waals surface area contributed by atoms with Gasteiger partial charge in [0.2, 0.25) is 10.0 Å². The van der Waals surface area contributed by atoms with Gasteiger partial charge in [-0.15, -0.1) is 0 Å². The van der Waals surface area contributed by atoms with Gasteiger partial charge >= 0.3 is 0 Å². The molecule has 4 nitrogen and oxygen atoms in total. The molecule has 5 heteroatoms. The van der Waals surface area contributed by atoms with E-state index in [9.17, 15) is 8.42 Å². The van der Waals surface area contributed by atoms with Gasteiger partial charge in [-0.2, -0.15) is 0 Å². The van der Waals surface area contributed by atoms with Crippen molar-refractivity contribution in [2.75, 3.05) is 13.1 Å². The largest absolute Gasteiger partial charge is 0.313 e. The highest BCUT2D eigenvalue weighted by Crippen LogP contribution is 2.21. The van der Waals surface area contributed by atoms with Crippen LogP contribution in [0.5, 0.6) is 0 Å². The molecule has 0 bridgehead atoms. The zero-order chi connectivity index (χ0) is 16.0. The lowest BCUT2D eigenvalue weighted by atomic mass is 10.1. The number of sulfonamides is 1. The number of hydrogen-bond acceptors (Lipinski definition) is 3. The number of nitrogens with one attached hydrogen (secondary N) is 2. The predicted octanol–water partition coefficient (Wildman–Crippen LogP) is 2.74. The summed E-state index contributed by atoms with van der Waals surface area (Å²) in [5, 5.41) is 3.23. The maximum Gasteiger partial charge on any atom is 0.240 e. The predicted molar refractivity (Wildman–Crippen MR) is 87.9 cm³/mol. The van der Waals surface area contributed by atoms with Crippen molar-refractivity contribution >= 4 is 10.0 Å². The Balaban J connectivity index is 3.01. The average Bonchev–Trinajstić information content (AvgIpc) is 2.39. The lowest BCUT2D eigenvalue weighted by Crippen LogP contribution is -2.27. The molecule has 1 rings (SSSR count). The smallest absolute Gasteiger partial charge is 0.240 e. The molecule has 21 heavy (non-hydrogen) atoms. The standard InChI is InChI=1S/C16H28N2O2S/c1-6-17-11-15-9-13(4)14(5)16(10-15)21(19,20)18-8-7-12(2)3/h9-10,12,17-18H,6-8,11H2,1-5H3. The Morgan fingerprint density at radius 1 is 1.19 bits per heavy atom. The van der Waals surface area contributed by atoms with E-state index in [4.69, 9.17) is 0 Å². The molecule has 0 fully saturated rings. The Morgan fingerprint density at radius 3 is 2.43 bits per heavy atom. The van der Waals surface area contributed by atoms with Crippen LogP contribution in [0, 0.1) is 19.8 Å². The first-order valence-electron chi connectivity index (χ1n) is 7.58. The van der Waals surface area contributed by atoms with E-state index in [0.29, 0.717) is 23.9 Å². The molecule has 1 aromatic carbocycles. The number of rotatable bonds is 8. The Kier molecular flexibility index (Phi) is 6.84. The van der Waals surface area contributed by atoms with E-state index < -0.39 is 10.0 Å². The third-order valence-electron chi connectivity index (χ3n) is 3.56. The van der Waals surface area contributed by atoms with Crippen LogP contribution in [-0.2, 0) is 16.6 Å². The summed E-state index contributed by atoms with van der Waals surface area (Å²) in [6, 6.07) is 3.83. The highest BCUT2D eigenvalue weighted by molar-refractivity contribution is 7.89. The minimum atomic E-state index is -3.43. The van der Waals surface area contributed by atoms with Gasteiger partial charge in [-0.1, -0.05) is 26.8 Å². The van der Waals surface area contributed by atoms with Crippen molar-refractivity contribution in [3.63, 3.8) is 0 Å². The van der Waals surface area contributed by atoms with Crippen LogP contribution in [0.2, 0.25) is 0 Å². The van der Waals surface area contributed by atoms with Crippen LogP contribution in [0.25, 0.3) is 0 Å². The van der Waals surface area contributed by atoms with Gasteiger partial charge in [0, 0.05) is 13.1 Å². The summed E-state index contributed by atoms with van der Waals surface area (Å²) in [6.07, 6.45) is 0.842. The van der Waals surface area contributed by atoms with Crippen LogP contribution < -0.4 is 10.0 Å². The number of aryl methyl sites for hydroxylation is 1. The summed E-state index contributed by atoms with van der Waals surface area (Å²) in [6.45, 7) is 12.1. The van der Waals surface area contributed by atoms with E-state index in [1.807, 2.05) is 26.8 Å². The lowest BCUT2D eigenvalue weighted by Gasteiger charge is -2.14. The third-order valence-corrected chi connectivity index (χ3v) is 5.15. The monoisotopic (exact) mass is 312 g/mol. The van der Waals surface area contributed by atoms with Crippen molar-refractivity contribution in [1.82, 2.24) is 10.0 Å². The number of hydrogen-bond donors (Lipinski definition) is 2. The van der Waals surface area contributed by atoms with Crippen molar-refractivity contribution in [2.24, 2.45) is 5.92 Å². The van der Waals surface area contributed by atoms with Crippen molar-refractivity contribution in [1.29, 1.82) is 0 Å². The fraction of sp³-hybridized carbons (Fsp3) is 0.625. The van der Waals surface area contributed by atoms with E-state index in [1.165, 1.54) is 0 Å². The molecular weight excluding hydrogens is 284 g/mol. The third kappa shape index (κ3) is 5.41. The molecule has 0 heterocycles. The van der Waals surface area contributed by atoms with Crippen molar-refractivity contribution in [3.8, 4) is 0 Å². The van der Waals surface area contributed by atoms with Gasteiger partial charge in [-0.25, -0.2) is 13.1 Å². The molecule has 0 radical (unpaired) electrons. The molecule has 0 spiro atoms. The Bertz CT molecular complexity index is 566. The van der Waals surface area contributed by atoms with Gasteiger partial charge in [-0.3, -0.25) is 0 Å². The molecule has 0 saturated carbocycles. The highest BCUT2D eigenvalue weighted by Gasteiger charge is 2.18. The van der Waals surface area contributed by atoms with Crippen LogP contribution in [0.1, 0.15) is 43.9 Å². The second-order valence-corrected chi connectivity index (χ2v) is 7.63. The van der Waals surface area contributed by atoms with Gasteiger partial charge < -0.3 is 5.32 Å². The van der Waals surface area contributed by atoms with Gasteiger partial charge in [0.25, 0.3) is 0 Å². The number of benzene rings is 1. The molecule has 0 amide bonds. The summed E-state index contributed by atoms with van der Waals surface area (Å²) in [4.78, 5) is 0.402. The Hall–Kier alpha value is -0.910. The first-order valence-corrected chi connectivity index (χ1v) is 9.06. The molecule has 0 aromatic heterocycles. The van der Waals surface area contributed by atoms with Crippen LogP contribution in [-0.4, -0.2) is 21.5 Å². The zero-order valence-corrected chi connectivity index (χ0v) is 14.6. The molecular formula is C16H28N2O2S. The second-order valence-electron chi connectivity index (χ2n) is 5.90. The van der Waals surface area contributed by atoms with Crippen molar-refractivity contribution < 1.29 is 8.42 Å². The highest BCUT2D eigenvalue weighted by atomic mass is 32.2. The molecule has 0 aliphatic heterocycles. The van der Waals surface area contributed by atoms with Gasteiger partial charge in [0.05, 0.1) is 4.90 Å². The minimum Gasteiger partial charge on any atom is -0.313 e. The summed E-state index contributed by atoms with van der Waals surface area (Å²) < 4.78 is 27.7. The second kappa shape index (κ2) is 7.92. The first-order chi connectivity index (χ1) is 9.77. The first kappa shape index (κ1) is 18.1. The molecule has 120 valence electrons. The Morgan fingerprint density at radius 2 is 1.86 bits per heavy atom. The molecule has 2 N–H and O–H groups in total. The summed E-state index contributed by atoms with van der Waals surface area (Å²) in [5.74, 6) is 0.482. The maximum absolute atomic E-state index is 12.5. The van der Waals surface area contributed by atoms with Gasteiger partial charge in [0.15, 0.2) is 0 Å². The normalized spacial score (nSPS) is 12.1. The molecule has 0 aliphatic carbocycles. The van der Waals surface area contributed by atoms with Gasteiger partial charge in [-0.05, 0) is 55.5 Å². The van der Waals surface area contributed by atoms with E-state index in [0.717, 1.165) is 29.7 Å². The topological polar surface area (TPSA) is 58.2 Å². The molecule has 0 atom stereocenters. The fourth-order valence-electron chi connectivity index (χ4n) is 2.11. The maximum atomic E-state index is 12.5. The van der Waals surface area contributed by atoms with E-state index in [-0.39, 0.29) is 0 Å². The van der Waals surface area contributed by atoms with E-state index >= 15 is 0 Å². The summed E-state index contributed by atoms with van der Waals surface area (Å²) in [5.41, 5.74) is 2.84.